The third-order valence-electron chi connectivity index (χ3n) is 7.54. The molecule has 1 atom stereocenters. The third-order valence-corrected chi connectivity index (χ3v) is 8.86. The number of nitrogens with one attached hydrogen (secondary N) is 2. The van der Waals surface area contributed by atoms with E-state index in [1.807, 2.05) is 42.5 Å². The molecule has 3 aromatic carbocycles. The van der Waals surface area contributed by atoms with Crippen LogP contribution in [0.25, 0.3) is 11.1 Å². The van der Waals surface area contributed by atoms with Crippen LogP contribution in [0.4, 0.5) is 0 Å². The lowest BCUT2D eigenvalue weighted by molar-refractivity contribution is 0.0980. The summed E-state index contributed by atoms with van der Waals surface area (Å²) in [6.45, 7) is 1.09. The molecule has 222 valence electrons. The van der Waals surface area contributed by atoms with Crippen LogP contribution in [0.15, 0.2) is 72.8 Å². The van der Waals surface area contributed by atoms with Gasteiger partial charge in [-0.1, -0.05) is 79.6 Å². The zero-order chi connectivity index (χ0) is 28.4. The van der Waals surface area contributed by atoms with E-state index in [-0.39, 0.29) is 37.1 Å². The second-order valence-corrected chi connectivity index (χ2v) is 12.4. The monoisotopic (exact) mass is 600 g/mol. The first-order valence-corrected chi connectivity index (χ1v) is 15.8. The lowest BCUT2D eigenvalue weighted by Crippen LogP contribution is -2.33. The van der Waals surface area contributed by atoms with Crippen LogP contribution >= 0.6 is 12.4 Å². The minimum atomic E-state index is -3.80. The van der Waals surface area contributed by atoms with E-state index in [1.54, 1.807) is 6.07 Å². The van der Waals surface area contributed by atoms with E-state index >= 15 is 0 Å². The van der Waals surface area contributed by atoms with Gasteiger partial charge in [0.1, 0.15) is 0 Å². The highest BCUT2D eigenvalue weighted by atomic mass is 35.5. The minimum absolute atomic E-state index is 0. The molecule has 0 bridgehead atoms. The molecule has 3 aromatic rings. The lowest BCUT2D eigenvalue weighted by atomic mass is 9.89. The van der Waals surface area contributed by atoms with E-state index in [4.69, 9.17) is 5.11 Å². The number of rotatable bonds is 14. The van der Waals surface area contributed by atoms with Crippen molar-refractivity contribution in [1.82, 2.24) is 10.0 Å². The average Bonchev–Trinajstić information content (AvgIpc) is 3.51. The number of benzene rings is 3. The van der Waals surface area contributed by atoms with Gasteiger partial charge in [0.25, 0.3) is 5.91 Å². The van der Waals surface area contributed by atoms with Gasteiger partial charge in [0.2, 0.25) is 10.0 Å². The van der Waals surface area contributed by atoms with Crippen molar-refractivity contribution in [2.45, 2.75) is 57.0 Å². The van der Waals surface area contributed by atoms with Crippen LogP contribution in [0.3, 0.4) is 0 Å². The highest BCUT2D eigenvalue weighted by Crippen LogP contribution is 2.38. The number of aliphatic hydroxyl groups is 2. The number of aliphatic hydroxyl groups excluding tert-OH is 2. The Labute approximate surface area is 249 Å². The van der Waals surface area contributed by atoms with Crippen LogP contribution in [0, 0.1) is 0 Å². The smallest absolute Gasteiger partial charge is 0.265 e. The minimum Gasteiger partial charge on any atom is -0.396 e. The number of sulfonamides is 1. The Morgan fingerprint density at radius 1 is 0.927 bits per heavy atom. The summed E-state index contributed by atoms with van der Waals surface area (Å²) in [5.74, 6) is -0.663. The number of amides is 1. The van der Waals surface area contributed by atoms with Gasteiger partial charge in [-0.25, -0.2) is 13.1 Å². The van der Waals surface area contributed by atoms with Crippen molar-refractivity contribution in [3.63, 3.8) is 0 Å². The zero-order valence-corrected chi connectivity index (χ0v) is 24.9. The van der Waals surface area contributed by atoms with Crippen molar-refractivity contribution in [2.75, 3.05) is 25.4 Å². The van der Waals surface area contributed by atoms with Crippen LogP contribution in [0.2, 0.25) is 0 Å². The zero-order valence-electron chi connectivity index (χ0n) is 23.3. The van der Waals surface area contributed by atoms with Crippen LogP contribution in [-0.2, 0) is 16.4 Å². The number of carbonyl (C=O) groups is 1. The first-order chi connectivity index (χ1) is 19.4. The molecule has 0 spiro atoms. The van der Waals surface area contributed by atoms with Gasteiger partial charge < -0.3 is 15.5 Å². The quantitative estimate of drug-likeness (QED) is 0.191. The maximum atomic E-state index is 13.0. The molecule has 0 heterocycles. The molecule has 1 fully saturated rings. The Bertz CT molecular complexity index is 1340. The molecule has 0 radical (unpaired) electrons. The topological polar surface area (TPSA) is 116 Å². The second-order valence-electron chi connectivity index (χ2n) is 10.5. The van der Waals surface area contributed by atoms with Gasteiger partial charge in [0, 0.05) is 18.7 Å². The normalized spacial score (nSPS) is 14.4. The number of aryl methyl sites for hydroxylation is 1. The largest absolute Gasteiger partial charge is 0.396 e. The summed E-state index contributed by atoms with van der Waals surface area (Å²) in [5, 5.41) is 22.6. The number of hydrogen-bond donors (Lipinski definition) is 4. The van der Waals surface area contributed by atoms with E-state index in [9.17, 15) is 18.3 Å². The van der Waals surface area contributed by atoms with Gasteiger partial charge in [0.15, 0.2) is 0 Å². The molecule has 1 aliphatic carbocycles. The van der Waals surface area contributed by atoms with Crippen molar-refractivity contribution in [2.24, 2.45) is 0 Å². The Kier molecular flexibility index (Phi) is 12.8. The van der Waals surface area contributed by atoms with Crippen LogP contribution in [-0.4, -0.2) is 50.0 Å². The molecule has 1 saturated carbocycles. The van der Waals surface area contributed by atoms with Gasteiger partial charge in [-0.2, -0.15) is 0 Å². The molecule has 41 heavy (non-hydrogen) atoms. The summed E-state index contributed by atoms with van der Waals surface area (Å²) < 4.78 is 26.7. The van der Waals surface area contributed by atoms with Crippen molar-refractivity contribution in [3.8, 4) is 11.1 Å². The third kappa shape index (κ3) is 9.65. The van der Waals surface area contributed by atoms with Gasteiger partial charge >= 0.3 is 0 Å². The van der Waals surface area contributed by atoms with Gasteiger partial charge in [0.05, 0.1) is 11.9 Å². The van der Waals surface area contributed by atoms with E-state index in [2.05, 4.69) is 34.3 Å². The number of carbonyl (C=O) groups excluding carboxylic acids is 1. The van der Waals surface area contributed by atoms with Gasteiger partial charge in [-0.15, -0.1) is 12.4 Å². The highest BCUT2D eigenvalue weighted by Gasteiger charge is 2.25. The molecule has 1 aliphatic rings. The Morgan fingerprint density at radius 2 is 1.61 bits per heavy atom. The van der Waals surface area contributed by atoms with Gasteiger partial charge in [-0.05, 0) is 78.5 Å². The van der Waals surface area contributed by atoms with E-state index < -0.39 is 22.0 Å². The predicted molar refractivity (Wildman–Crippen MR) is 166 cm³/mol. The standard InChI is InChI=1S/C32H40N2O5S.ClH/c35-20-7-21-40(38,39)34-32(37)29-18-17-28(22-30(29)26-9-4-5-10-26)25-15-13-24(14-16-25)8-6-19-33-23-31(36)27-11-2-1-3-12-27;/h1-3,11-18,22,26,31,33,35-36H,4-10,19-21,23H2,(H,34,37);1H/t31-;/m0./s1. The SMILES string of the molecule is Cl.O=C(NS(=O)(=O)CCCO)c1ccc(-c2ccc(CCCNC[C@H](O)c3ccccc3)cc2)cc1C1CCCC1. The fourth-order valence-electron chi connectivity index (χ4n) is 5.34. The lowest BCUT2D eigenvalue weighted by Gasteiger charge is -2.17. The second kappa shape index (κ2) is 16.0. The molecule has 1 amide bonds. The van der Waals surface area contributed by atoms with E-state index in [0.717, 1.165) is 67.3 Å². The first-order valence-electron chi connectivity index (χ1n) is 14.2. The predicted octanol–water partition coefficient (Wildman–Crippen LogP) is 5.13. The fourth-order valence-corrected chi connectivity index (χ4v) is 6.34. The van der Waals surface area contributed by atoms with Crippen molar-refractivity contribution < 1.29 is 23.4 Å². The van der Waals surface area contributed by atoms with Crippen LogP contribution in [0.1, 0.15) is 77.6 Å². The molecule has 0 aromatic heterocycles. The molecule has 0 aliphatic heterocycles. The molecule has 4 rings (SSSR count). The highest BCUT2D eigenvalue weighted by molar-refractivity contribution is 7.90. The Hall–Kier alpha value is -2.75. The maximum Gasteiger partial charge on any atom is 0.265 e. The molecule has 0 unspecified atom stereocenters. The fraction of sp³-hybridized carbons (Fsp3) is 0.406. The van der Waals surface area contributed by atoms with Crippen LogP contribution < -0.4 is 10.0 Å². The Balaban J connectivity index is 0.00000462. The van der Waals surface area contributed by atoms with Crippen LogP contribution in [0.5, 0.6) is 0 Å². The summed E-state index contributed by atoms with van der Waals surface area (Å²) in [5.41, 5.74) is 5.51. The van der Waals surface area contributed by atoms with Gasteiger partial charge in [-0.3, -0.25) is 4.79 Å². The molecular formula is C32H41ClN2O5S. The number of halogens is 1. The summed E-state index contributed by atoms with van der Waals surface area (Å²) >= 11 is 0. The van der Waals surface area contributed by atoms with Crippen molar-refractivity contribution in [3.05, 3.63) is 95.1 Å². The van der Waals surface area contributed by atoms with E-state index in [1.165, 1.54) is 5.56 Å². The molecule has 4 N–H and O–H groups in total. The molecular weight excluding hydrogens is 560 g/mol. The van der Waals surface area contributed by atoms with Crippen molar-refractivity contribution in [1.29, 1.82) is 0 Å². The Morgan fingerprint density at radius 3 is 2.29 bits per heavy atom. The average molecular weight is 601 g/mol. The van der Waals surface area contributed by atoms with Crippen molar-refractivity contribution >= 4 is 28.3 Å². The maximum absolute atomic E-state index is 13.0. The summed E-state index contributed by atoms with van der Waals surface area (Å²) in [6, 6.07) is 23.7. The number of hydrogen-bond acceptors (Lipinski definition) is 6. The summed E-state index contributed by atoms with van der Waals surface area (Å²) in [6.07, 6.45) is 5.61. The van der Waals surface area contributed by atoms with E-state index in [0.29, 0.717) is 12.1 Å². The molecule has 7 nitrogen and oxygen atoms in total. The first kappa shape index (κ1) is 32.8. The summed E-state index contributed by atoms with van der Waals surface area (Å²) in [4.78, 5) is 13.0. The molecule has 9 heteroatoms. The summed E-state index contributed by atoms with van der Waals surface area (Å²) in [7, 11) is -3.80. The molecule has 0 saturated heterocycles.